The van der Waals surface area contributed by atoms with E-state index in [1.165, 1.54) is 0 Å². The number of nitrogens with zero attached hydrogens (tertiary/aromatic N) is 3. The van der Waals surface area contributed by atoms with E-state index in [0.717, 1.165) is 28.2 Å². The van der Waals surface area contributed by atoms with Crippen LogP contribution >= 0.6 is 0 Å². The smallest absolute Gasteiger partial charge is 0.189 e. The van der Waals surface area contributed by atoms with Gasteiger partial charge in [-0.1, -0.05) is 12.1 Å². The van der Waals surface area contributed by atoms with Gasteiger partial charge in [0.25, 0.3) is 0 Å². The highest BCUT2D eigenvalue weighted by Gasteiger charge is 2.43. The molecule has 0 bridgehead atoms. The van der Waals surface area contributed by atoms with Crippen LogP contribution in [0, 0.1) is 6.92 Å². The Balaban J connectivity index is 2.11. The van der Waals surface area contributed by atoms with Crippen LogP contribution in [0.2, 0.25) is 0 Å². The fourth-order valence-corrected chi connectivity index (χ4v) is 2.88. The molecule has 0 unspecified atom stereocenters. The predicted octanol–water partition coefficient (Wildman–Crippen LogP) is 3.42. The lowest BCUT2D eigenvalue weighted by Gasteiger charge is -2.31. The van der Waals surface area contributed by atoms with E-state index in [-0.39, 0.29) is 5.78 Å². The van der Waals surface area contributed by atoms with Gasteiger partial charge >= 0.3 is 0 Å². The first kappa shape index (κ1) is 14.4. The summed E-state index contributed by atoms with van der Waals surface area (Å²) in [5, 5.41) is 0. The maximum absolute atomic E-state index is 12.6. The maximum atomic E-state index is 12.6. The average Bonchev–Trinajstić information content (AvgIpc) is 2.69. The van der Waals surface area contributed by atoms with Crippen LogP contribution in [0.3, 0.4) is 0 Å². The van der Waals surface area contributed by atoms with E-state index in [0.29, 0.717) is 6.54 Å². The molecule has 1 aromatic heterocycles. The van der Waals surface area contributed by atoms with E-state index < -0.39 is 5.54 Å². The number of hydrogen-bond acceptors (Lipinski definition) is 4. The van der Waals surface area contributed by atoms with Crippen LogP contribution in [0.25, 0.3) is 11.1 Å². The van der Waals surface area contributed by atoms with Crippen LogP contribution in [0.5, 0.6) is 0 Å². The van der Waals surface area contributed by atoms with Crippen molar-refractivity contribution in [2.24, 2.45) is 0 Å². The molecule has 112 valence electrons. The third-order valence-corrected chi connectivity index (χ3v) is 4.19. The normalized spacial score (nSPS) is 15.8. The van der Waals surface area contributed by atoms with Gasteiger partial charge in [-0.2, -0.15) is 0 Å². The standard InChI is InChI=1S/C18H19N3O/c1-5-8-21-16-9-13(14-10-19-12(2)20-11-14)6-7-15(16)17(22)18(21,3)4/h5-7,9-11H,1,8H2,2-4H3. The fraction of sp³-hybridized carbons (Fsp3) is 0.278. The van der Waals surface area contributed by atoms with Gasteiger partial charge in [-0.25, -0.2) is 9.97 Å². The van der Waals surface area contributed by atoms with Crippen molar-refractivity contribution in [3.8, 4) is 11.1 Å². The average molecular weight is 293 g/mol. The molecule has 1 aliphatic heterocycles. The Morgan fingerprint density at radius 1 is 1.23 bits per heavy atom. The Kier molecular flexibility index (Phi) is 3.32. The number of ketones is 1. The van der Waals surface area contributed by atoms with E-state index in [1.54, 1.807) is 0 Å². The first-order valence-electron chi connectivity index (χ1n) is 7.31. The summed E-state index contributed by atoms with van der Waals surface area (Å²) in [6.07, 6.45) is 5.44. The zero-order valence-electron chi connectivity index (χ0n) is 13.1. The molecular weight excluding hydrogens is 274 g/mol. The number of Topliss-reactive ketones (excluding diaryl/α,β-unsaturated/α-hetero) is 1. The molecule has 0 N–H and O–H groups in total. The van der Waals surface area contributed by atoms with Crippen molar-refractivity contribution < 1.29 is 4.79 Å². The molecule has 0 aliphatic carbocycles. The molecular formula is C18H19N3O. The second kappa shape index (κ2) is 5.05. The summed E-state index contributed by atoms with van der Waals surface area (Å²) in [4.78, 5) is 23.2. The highest BCUT2D eigenvalue weighted by Crippen LogP contribution is 2.40. The highest BCUT2D eigenvalue weighted by molar-refractivity contribution is 6.14. The monoisotopic (exact) mass is 293 g/mol. The van der Waals surface area contributed by atoms with Crippen molar-refractivity contribution in [1.29, 1.82) is 0 Å². The second-order valence-corrected chi connectivity index (χ2v) is 6.04. The van der Waals surface area contributed by atoms with Crippen molar-refractivity contribution in [3.63, 3.8) is 0 Å². The van der Waals surface area contributed by atoms with Gasteiger partial charge in [-0.3, -0.25) is 4.79 Å². The largest absolute Gasteiger partial charge is 0.355 e. The van der Waals surface area contributed by atoms with Crippen LogP contribution in [0.1, 0.15) is 30.0 Å². The Morgan fingerprint density at radius 2 is 1.91 bits per heavy atom. The molecule has 0 saturated heterocycles. The fourth-order valence-electron chi connectivity index (χ4n) is 2.88. The van der Waals surface area contributed by atoms with Gasteiger partial charge in [0.05, 0.1) is 5.54 Å². The summed E-state index contributed by atoms with van der Waals surface area (Å²) in [7, 11) is 0. The lowest BCUT2D eigenvalue weighted by molar-refractivity contribution is 0.0925. The molecule has 2 heterocycles. The Labute approximate surface area is 130 Å². The van der Waals surface area contributed by atoms with Crippen LogP contribution in [0.15, 0.2) is 43.2 Å². The number of benzene rings is 1. The van der Waals surface area contributed by atoms with Gasteiger partial charge in [0.2, 0.25) is 0 Å². The highest BCUT2D eigenvalue weighted by atomic mass is 16.1. The summed E-state index contributed by atoms with van der Waals surface area (Å²) >= 11 is 0. The van der Waals surface area contributed by atoms with Crippen LogP contribution in [-0.4, -0.2) is 27.8 Å². The summed E-state index contributed by atoms with van der Waals surface area (Å²) in [6.45, 7) is 10.2. The van der Waals surface area contributed by atoms with E-state index in [4.69, 9.17) is 0 Å². The van der Waals surface area contributed by atoms with Crippen molar-refractivity contribution in [2.75, 3.05) is 11.4 Å². The minimum Gasteiger partial charge on any atom is -0.355 e. The molecule has 3 rings (SSSR count). The molecule has 0 saturated carbocycles. The topological polar surface area (TPSA) is 46.1 Å². The third kappa shape index (κ3) is 2.11. The molecule has 0 radical (unpaired) electrons. The Morgan fingerprint density at radius 3 is 2.55 bits per heavy atom. The zero-order valence-corrected chi connectivity index (χ0v) is 13.1. The second-order valence-electron chi connectivity index (χ2n) is 6.04. The summed E-state index contributed by atoms with van der Waals surface area (Å²) in [5.74, 6) is 0.894. The molecule has 1 aliphatic rings. The minimum absolute atomic E-state index is 0.149. The van der Waals surface area contributed by atoms with E-state index in [1.807, 2.05) is 57.4 Å². The van der Waals surface area contributed by atoms with E-state index in [9.17, 15) is 4.79 Å². The van der Waals surface area contributed by atoms with Crippen molar-refractivity contribution in [2.45, 2.75) is 26.3 Å². The van der Waals surface area contributed by atoms with E-state index >= 15 is 0 Å². The van der Waals surface area contributed by atoms with Crippen molar-refractivity contribution in [3.05, 3.63) is 54.6 Å². The molecule has 4 heteroatoms. The molecule has 0 amide bonds. The van der Waals surface area contributed by atoms with Gasteiger partial charge in [-0.05, 0) is 38.5 Å². The molecule has 2 aromatic rings. The zero-order chi connectivity index (χ0) is 15.9. The van der Waals surface area contributed by atoms with Crippen LogP contribution in [0.4, 0.5) is 5.69 Å². The number of hydrogen-bond donors (Lipinski definition) is 0. The predicted molar refractivity (Wildman–Crippen MR) is 88.2 cm³/mol. The van der Waals surface area contributed by atoms with Crippen molar-refractivity contribution in [1.82, 2.24) is 9.97 Å². The van der Waals surface area contributed by atoms with E-state index in [2.05, 4.69) is 21.4 Å². The quantitative estimate of drug-likeness (QED) is 0.813. The summed E-state index contributed by atoms with van der Waals surface area (Å²) < 4.78 is 0. The first-order valence-corrected chi connectivity index (χ1v) is 7.31. The molecule has 1 aromatic carbocycles. The van der Waals surface area contributed by atoms with Crippen LogP contribution in [-0.2, 0) is 0 Å². The van der Waals surface area contributed by atoms with Crippen LogP contribution < -0.4 is 4.90 Å². The molecule has 0 spiro atoms. The number of carbonyl (C=O) groups is 1. The number of aromatic nitrogens is 2. The SMILES string of the molecule is C=CCN1c2cc(-c3cnc(C)nc3)ccc2C(=O)C1(C)C. The van der Waals surface area contributed by atoms with Gasteiger partial charge in [0, 0.05) is 35.8 Å². The van der Waals surface area contributed by atoms with Gasteiger partial charge < -0.3 is 4.90 Å². The molecule has 0 fully saturated rings. The molecule has 0 atom stereocenters. The number of anilines is 1. The molecule has 22 heavy (non-hydrogen) atoms. The maximum Gasteiger partial charge on any atom is 0.189 e. The number of fused-ring (bicyclic) bond motifs is 1. The van der Waals surface area contributed by atoms with Gasteiger partial charge in [0.1, 0.15) is 5.82 Å². The first-order chi connectivity index (χ1) is 10.4. The number of aryl methyl sites for hydroxylation is 1. The number of rotatable bonds is 3. The summed E-state index contributed by atoms with van der Waals surface area (Å²) in [5.41, 5.74) is 3.14. The Bertz CT molecular complexity index is 747. The lowest BCUT2D eigenvalue weighted by Crippen LogP contribution is -2.45. The Hall–Kier alpha value is -2.49. The van der Waals surface area contributed by atoms with Gasteiger partial charge in [-0.15, -0.1) is 6.58 Å². The lowest BCUT2D eigenvalue weighted by atomic mass is 9.97. The third-order valence-electron chi connectivity index (χ3n) is 4.19. The van der Waals surface area contributed by atoms with Gasteiger partial charge in [0.15, 0.2) is 5.78 Å². The number of carbonyl (C=O) groups excluding carboxylic acids is 1. The minimum atomic E-state index is -0.543. The molecule has 4 nitrogen and oxygen atoms in total. The van der Waals surface area contributed by atoms with Crippen molar-refractivity contribution >= 4 is 11.5 Å². The summed E-state index contributed by atoms with van der Waals surface area (Å²) in [6, 6.07) is 5.90.